The van der Waals surface area contributed by atoms with Crippen LogP contribution in [0.4, 0.5) is 0 Å². The topological polar surface area (TPSA) is 98.5 Å². The van der Waals surface area contributed by atoms with Gasteiger partial charge in [-0.15, -0.1) is 0 Å². The fourth-order valence-corrected chi connectivity index (χ4v) is 3.64. The lowest BCUT2D eigenvalue weighted by Gasteiger charge is -2.11. The second kappa shape index (κ2) is 8.08. The van der Waals surface area contributed by atoms with Gasteiger partial charge in [0.15, 0.2) is 6.61 Å². The summed E-state index contributed by atoms with van der Waals surface area (Å²) >= 11 is 3.51. The fraction of sp³-hybridized carbons (Fsp3) is 0.105. The molecule has 0 saturated carbocycles. The van der Waals surface area contributed by atoms with Gasteiger partial charge in [0.2, 0.25) is 10.0 Å². The van der Waals surface area contributed by atoms with E-state index in [1.165, 1.54) is 12.1 Å². The van der Waals surface area contributed by atoms with Crippen LogP contribution in [0.3, 0.4) is 0 Å². The summed E-state index contributed by atoms with van der Waals surface area (Å²) in [6.45, 7) is 0.123. The van der Waals surface area contributed by atoms with Crippen molar-refractivity contribution in [2.75, 3.05) is 6.61 Å². The lowest BCUT2D eigenvalue weighted by Crippen LogP contribution is -2.28. The van der Waals surface area contributed by atoms with Gasteiger partial charge in [0.05, 0.1) is 9.37 Å². The molecule has 0 atom stereocenters. The number of halogens is 1. The number of carbonyl (C=O) groups excluding carboxylic acids is 1. The molecule has 27 heavy (non-hydrogen) atoms. The van der Waals surface area contributed by atoms with E-state index in [1.807, 2.05) is 36.4 Å². The van der Waals surface area contributed by atoms with E-state index in [1.54, 1.807) is 12.1 Å². The number of rotatable bonds is 6. The first kappa shape index (κ1) is 19.3. The quantitative estimate of drug-likeness (QED) is 0.605. The number of carbonyl (C=O) groups is 1. The highest BCUT2D eigenvalue weighted by molar-refractivity contribution is 9.10. The third kappa shape index (κ3) is 4.85. The highest BCUT2D eigenvalue weighted by Gasteiger charge is 2.10. The molecule has 0 heterocycles. The van der Waals surface area contributed by atoms with Crippen molar-refractivity contribution in [2.45, 2.75) is 11.4 Å². The number of sulfonamides is 1. The van der Waals surface area contributed by atoms with Crippen molar-refractivity contribution in [3.63, 3.8) is 0 Å². The zero-order valence-corrected chi connectivity index (χ0v) is 16.6. The van der Waals surface area contributed by atoms with Gasteiger partial charge in [-0.2, -0.15) is 0 Å². The van der Waals surface area contributed by atoms with Crippen molar-refractivity contribution in [3.05, 3.63) is 70.7 Å². The van der Waals surface area contributed by atoms with Gasteiger partial charge in [0.1, 0.15) is 5.75 Å². The standard InChI is InChI=1S/C19H17BrN2O4S/c20-19-16-4-2-1-3-14(16)7-10-17(19)26-12-18(23)22-11-13-5-8-15(9-6-13)27(21,24)25/h1-10H,11-12H2,(H,22,23)(H2,21,24,25). The lowest BCUT2D eigenvalue weighted by molar-refractivity contribution is -0.123. The van der Waals surface area contributed by atoms with Crippen molar-refractivity contribution in [2.24, 2.45) is 5.14 Å². The lowest BCUT2D eigenvalue weighted by atomic mass is 10.1. The van der Waals surface area contributed by atoms with Gasteiger partial charge in [-0.3, -0.25) is 4.79 Å². The van der Waals surface area contributed by atoms with Crippen molar-refractivity contribution in [1.82, 2.24) is 5.32 Å². The summed E-state index contributed by atoms with van der Waals surface area (Å²) in [4.78, 5) is 12.1. The zero-order valence-electron chi connectivity index (χ0n) is 14.2. The first-order valence-corrected chi connectivity index (χ1v) is 10.4. The predicted octanol–water partition coefficient (Wildman–Crippen LogP) is 2.94. The fourth-order valence-electron chi connectivity index (χ4n) is 2.52. The number of hydrogen-bond acceptors (Lipinski definition) is 4. The Morgan fingerprint density at radius 1 is 1.04 bits per heavy atom. The molecule has 0 spiro atoms. The Labute approximate surface area is 165 Å². The monoisotopic (exact) mass is 448 g/mol. The molecule has 6 nitrogen and oxygen atoms in total. The molecule has 0 aliphatic carbocycles. The van der Waals surface area contributed by atoms with E-state index in [2.05, 4.69) is 21.2 Å². The summed E-state index contributed by atoms with van der Waals surface area (Å²) < 4.78 is 28.9. The normalized spacial score (nSPS) is 11.3. The van der Waals surface area contributed by atoms with Gasteiger partial charge in [-0.25, -0.2) is 13.6 Å². The van der Waals surface area contributed by atoms with E-state index >= 15 is 0 Å². The summed E-state index contributed by atoms with van der Waals surface area (Å²) in [5.41, 5.74) is 0.752. The molecule has 0 fully saturated rings. The molecule has 0 aliphatic heterocycles. The maximum Gasteiger partial charge on any atom is 0.258 e. The minimum absolute atomic E-state index is 0.0297. The summed E-state index contributed by atoms with van der Waals surface area (Å²) in [5.74, 6) is 0.298. The number of hydrogen-bond donors (Lipinski definition) is 2. The largest absolute Gasteiger partial charge is 0.483 e. The van der Waals surface area contributed by atoms with Crippen LogP contribution in [0.1, 0.15) is 5.56 Å². The highest BCUT2D eigenvalue weighted by atomic mass is 79.9. The summed E-state index contributed by atoms with van der Waals surface area (Å²) in [6.07, 6.45) is 0. The second-order valence-corrected chi connectivity index (χ2v) is 8.21. The van der Waals surface area contributed by atoms with Crippen LogP contribution in [0.5, 0.6) is 5.75 Å². The Morgan fingerprint density at radius 2 is 1.74 bits per heavy atom. The average Bonchev–Trinajstić information content (AvgIpc) is 2.65. The van der Waals surface area contributed by atoms with Crippen molar-refractivity contribution in [1.29, 1.82) is 0 Å². The Morgan fingerprint density at radius 3 is 2.44 bits per heavy atom. The van der Waals surface area contributed by atoms with Crippen LogP contribution in [-0.2, 0) is 21.4 Å². The summed E-state index contributed by atoms with van der Waals surface area (Å²) in [5, 5.41) is 9.86. The number of nitrogens with two attached hydrogens (primary N) is 1. The van der Waals surface area contributed by atoms with Gasteiger partial charge in [-0.1, -0.05) is 42.5 Å². The Bertz CT molecular complexity index is 1080. The SMILES string of the molecule is NS(=O)(=O)c1ccc(CNC(=O)COc2ccc3ccccc3c2Br)cc1. The molecule has 0 aliphatic rings. The minimum atomic E-state index is -3.72. The summed E-state index contributed by atoms with van der Waals surface area (Å²) in [7, 11) is -3.72. The molecule has 0 aromatic heterocycles. The molecular weight excluding hydrogens is 432 g/mol. The van der Waals surface area contributed by atoms with Crippen LogP contribution < -0.4 is 15.2 Å². The Kier molecular flexibility index (Phi) is 5.79. The van der Waals surface area contributed by atoms with Crippen molar-refractivity contribution in [3.8, 4) is 5.75 Å². The number of ether oxygens (including phenoxy) is 1. The maximum atomic E-state index is 12.0. The number of primary sulfonamides is 1. The minimum Gasteiger partial charge on any atom is -0.483 e. The first-order chi connectivity index (χ1) is 12.8. The van der Waals surface area contributed by atoms with Crippen LogP contribution in [0.2, 0.25) is 0 Å². The molecule has 0 bridgehead atoms. The predicted molar refractivity (Wildman–Crippen MR) is 107 cm³/mol. The van der Waals surface area contributed by atoms with Crippen LogP contribution in [0, 0.1) is 0 Å². The zero-order chi connectivity index (χ0) is 19.4. The van der Waals surface area contributed by atoms with Crippen LogP contribution in [0.25, 0.3) is 10.8 Å². The van der Waals surface area contributed by atoms with E-state index in [0.717, 1.165) is 20.8 Å². The van der Waals surface area contributed by atoms with Crippen molar-refractivity contribution < 1.29 is 17.9 Å². The van der Waals surface area contributed by atoms with E-state index in [4.69, 9.17) is 9.88 Å². The van der Waals surface area contributed by atoms with Gasteiger partial charge in [-0.05, 0) is 50.5 Å². The molecule has 3 aromatic carbocycles. The molecule has 0 radical (unpaired) electrons. The second-order valence-electron chi connectivity index (χ2n) is 5.85. The number of amides is 1. The van der Waals surface area contributed by atoms with Crippen LogP contribution in [0.15, 0.2) is 70.0 Å². The Balaban J connectivity index is 1.56. The molecule has 3 N–H and O–H groups in total. The van der Waals surface area contributed by atoms with Gasteiger partial charge < -0.3 is 10.1 Å². The third-order valence-corrected chi connectivity index (χ3v) is 5.68. The van der Waals surface area contributed by atoms with Gasteiger partial charge in [0, 0.05) is 6.54 Å². The average molecular weight is 449 g/mol. The number of benzene rings is 3. The first-order valence-electron chi connectivity index (χ1n) is 8.03. The van der Waals surface area contributed by atoms with Crippen molar-refractivity contribution >= 4 is 42.6 Å². The maximum absolute atomic E-state index is 12.0. The molecule has 140 valence electrons. The number of nitrogens with one attached hydrogen (secondary N) is 1. The smallest absolute Gasteiger partial charge is 0.258 e. The molecule has 3 rings (SSSR count). The third-order valence-electron chi connectivity index (χ3n) is 3.93. The van der Waals surface area contributed by atoms with E-state index in [9.17, 15) is 13.2 Å². The van der Waals surface area contributed by atoms with Gasteiger partial charge >= 0.3 is 0 Å². The van der Waals surface area contributed by atoms with E-state index < -0.39 is 10.0 Å². The molecule has 1 amide bonds. The van der Waals surface area contributed by atoms with Crippen LogP contribution >= 0.6 is 15.9 Å². The molecular formula is C19H17BrN2O4S. The van der Waals surface area contributed by atoms with E-state index in [0.29, 0.717) is 5.75 Å². The Hall–Kier alpha value is -2.42. The summed E-state index contributed by atoms with van der Waals surface area (Å²) in [6, 6.07) is 17.6. The molecule has 8 heteroatoms. The molecule has 0 unspecified atom stereocenters. The van der Waals surface area contributed by atoms with E-state index in [-0.39, 0.29) is 24.0 Å². The highest BCUT2D eigenvalue weighted by Crippen LogP contribution is 2.32. The molecule has 3 aromatic rings. The number of fused-ring (bicyclic) bond motifs is 1. The van der Waals surface area contributed by atoms with Crippen LogP contribution in [-0.4, -0.2) is 20.9 Å². The molecule has 0 saturated heterocycles. The van der Waals surface area contributed by atoms with Gasteiger partial charge in [0.25, 0.3) is 5.91 Å².